The lowest BCUT2D eigenvalue weighted by molar-refractivity contribution is -0.123. The summed E-state index contributed by atoms with van der Waals surface area (Å²) in [5.74, 6) is -0.702. The molecule has 1 N–H and O–H groups in total. The Balaban J connectivity index is 1.08. The van der Waals surface area contributed by atoms with Crippen LogP contribution in [0.5, 0.6) is 5.75 Å². The van der Waals surface area contributed by atoms with Gasteiger partial charge in [-0.15, -0.1) is 11.8 Å². The van der Waals surface area contributed by atoms with Crippen molar-refractivity contribution in [1.82, 2.24) is 4.98 Å². The molecular weight excluding hydrogens is 621 g/mol. The van der Waals surface area contributed by atoms with Crippen LogP contribution >= 0.6 is 23.1 Å². The van der Waals surface area contributed by atoms with Gasteiger partial charge in [0.15, 0.2) is 0 Å². The summed E-state index contributed by atoms with van der Waals surface area (Å²) in [5, 5.41) is 0.988. The van der Waals surface area contributed by atoms with Crippen molar-refractivity contribution in [3.8, 4) is 5.75 Å². The molecule has 3 fully saturated rings. The minimum Gasteiger partial charge on any atom is -0.489 e. The van der Waals surface area contributed by atoms with Crippen molar-refractivity contribution in [2.75, 3.05) is 11.5 Å². The SMILES string of the molecule is CCOC(=O)c1ccc(N2C(=O)C3C4CC(C3C2=O)C2C4Sc3[nH]c(=O)sc3[C@@H]2c2ccc(OCc3cccc(C)c3)cc2)cc1. The summed E-state index contributed by atoms with van der Waals surface area (Å²) >= 11 is 2.93. The van der Waals surface area contributed by atoms with E-state index in [-0.39, 0.29) is 58.1 Å². The Morgan fingerprint density at radius 1 is 0.957 bits per heavy atom. The summed E-state index contributed by atoms with van der Waals surface area (Å²) in [5.41, 5.74) is 4.24. The van der Waals surface area contributed by atoms with Crippen molar-refractivity contribution in [3.05, 3.63) is 110 Å². The van der Waals surface area contributed by atoms with E-state index in [0.29, 0.717) is 17.9 Å². The molecule has 2 amide bonds. The molecule has 46 heavy (non-hydrogen) atoms. The minimum absolute atomic E-state index is 0.0142. The van der Waals surface area contributed by atoms with Gasteiger partial charge in [0.2, 0.25) is 11.8 Å². The number of nitrogens with one attached hydrogen (secondary N) is 1. The maximum atomic E-state index is 14.1. The van der Waals surface area contributed by atoms with Crippen molar-refractivity contribution in [3.63, 3.8) is 0 Å². The number of amides is 2. The second kappa shape index (κ2) is 11.3. The van der Waals surface area contributed by atoms with Crippen molar-refractivity contribution in [1.29, 1.82) is 0 Å². The number of anilines is 1. The Kier molecular flexibility index (Phi) is 7.17. The van der Waals surface area contributed by atoms with Crippen LogP contribution in [0.2, 0.25) is 0 Å². The number of aryl methyl sites for hydroxylation is 1. The van der Waals surface area contributed by atoms with E-state index in [0.717, 1.165) is 33.2 Å². The fourth-order valence-corrected chi connectivity index (χ4v) is 11.2. The van der Waals surface area contributed by atoms with Gasteiger partial charge < -0.3 is 14.5 Å². The maximum Gasteiger partial charge on any atom is 0.338 e. The lowest BCUT2D eigenvalue weighted by Crippen LogP contribution is -2.42. The Morgan fingerprint density at radius 2 is 1.70 bits per heavy atom. The molecule has 1 aromatic heterocycles. The van der Waals surface area contributed by atoms with E-state index in [1.165, 1.54) is 21.8 Å². The molecule has 2 bridgehead atoms. The molecule has 6 unspecified atom stereocenters. The predicted molar refractivity (Wildman–Crippen MR) is 175 cm³/mol. The third-order valence-electron chi connectivity index (χ3n) is 10.1. The molecule has 3 aromatic carbocycles. The Bertz CT molecular complexity index is 1920. The van der Waals surface area contributed by atoms with Crippen LogP contribution in [0, 0.1) is 36.5 Å². The molecule has 1 saturated heterocycles. The molecule has 4 aromatic rings. The molecule has 10 heteroatoms. The Hall–Kier alpha value is -4.15. The van der Waals surface area contributed by atoms with Crippen molar-refractivity contribution in [2.24, 2.45) is 29.6 Å². The van der Waals surface area contributed by atoms with Crippen LogP contribution in [0.4, 0.5) is 5.69 Å². The van der Waals surface area contributed by atoms with E-state index in [2.05, 4.69) is 36.2 Å². The van der Waals surface area contributed by atoms with E-state index >= 15 is 0 Å². The highest BCUT2D eigenvalue weighted by Crippen LogP contribution is 2.68. The van der Waals surface area contributed by atoms with Gasteiger partial charge in [0.1, 0.15) is 12.4 Å². The first-order valence-corrected chi connectivity index (χ1v) is 17.3. The molecule has 3 heterocycles. The number of aromatic nitrogens is 1. The average Bonchev–Trinajstić information content (AvgIpc) is 3.79. The van der Waals surface area contributed by atoms with Crippen LogP contribution in [-0.4, -0.2) is 34.6 Å². The third kappa shape index (κ3) is 4.64. The zero-order chi connectivity index (χ0) is 31.7. The number of carbonyl (C=O) groups excluding carboxylic acids is 3. The van der Waals surface area contributed by atoms with Gasteiger partial charge in [0, 0.05) is 16.0 Å². The number of fused-ring (bicyclic) bond motifs is 9. The fraction of sp³-hybridized carbons (Fsp3) is 0.333. The third-order valence-corrected chi connectivity index (χ3v) is 12.7. The second-order valence-electron chi connectivity index (χ2n) is 12.6. The number of nitrogens with zero attached hydrogens (tertiary/aromatic N) is 1. The number of carbonyl (C=O) groups is 3. The Labute approximate surface area is 274 Å². The summed E-state index contributed by atoms with van der Waals surface area (Å²) in [6.07, 6.45) is 0.818. The average molecular weight is 653 g/mol. The molecule has 234 valence electrons. The van der Waals surface area contributed by atoms with Gasteiger partial charge in [-0.3, -0.25) is 19.3 Å². The van der Waals surface area contributed by atoms with Crippen LogP contribution < -0.4 is 14.5 Å². The number of thiazole rings is 1. The van der Waals surface area contributed by atoms with Gasteiger partial charge in [-0.1, -0.05) is 53.3 Å². The zero-order valence-corrected chi connectivity index (χ0v) is 26.9. The predicted octanol–water partition coefficient (Wildman–Crippen LogP) is 6.18. The zero-order valence-electron chi connectivity index (χ0n) is 25.3. The molecule has 4 aliphatic rings. The number of esters is 1. The lowest BCUT2D eigenvalue weighted by Gasteiger charge is -2.43. The monoisotopic (exact) mass is 652 g/mol. The first-order chi connectivity index (χ1) is 22.3. The van der Waals surface area contributed by atoms with E-state index in [9.17, 15) is 19.2 Å². The number of ether oxygens (including phenoxy) is 2. The van der Waals surface area contributed by atoms with Gasteiger partial charge in [-0.2, -0.15) is 0 Å². The number of H-pyrrole nitrogens is 1. The van der Waals surface area contributed by atoms with Crippen molar-refractivity contribution in [2.45, 2.75) is 43.1 Å². The number of hydrogen-bond donors (Lipinski definition) is 1. The van der Waals surface area contributed by atoms with Gasteiger partial charge in [0.05, 0.1) is 34.7 Å². The summed E-state index contributed by atoms with van der Waals surface area (Å²) in [6.45, 7) is 4.55. The molecular formula is C36H32N2O6S2. The van der Waals surface area contributed by atoms with Crippen molar-refractivity contribution >= 4 is 46.6 Å². The van der Waals surface area contributed by atoms with Crippen molar-refractivity contribution < 1.29 is 23.9 Å². The molecule has 0 spiro atoms. The standard InChI is InChI=1S/C36H32N2O6S2/c1-3-43-35(41)21-7-11-22(12-8-21)38-33(39)28-24-16-25(29(28)34(38)40)30-27(24)26(31-32(45-30)37-36(42)46-31)20-9-13-23(14-10-20)44-17-19-6-4-5-18(2)15-19/h4-15,24-30H,3,16-17H2,1-2H3,(H,37,42)/t24?,25?,26-,27?,28?,29?,30?/m1/s1. The number of rotatable bonds is 7. The molecule has 8 rings (SSSR count). The molecule has 2 aliphatic heterocycles. The first kappa shape index (κ1) is 29.3. The van der Waals surface area contributed by atoms with Gasteiger partial charge in [-0.05, 0) is 85.5 Å². The van der Waals surface area contributed by atoms with Crippen LogP contribution in [0.15, 0.2) is 82.6 Å². The first-order valence-electron chi connectivity index (χ1n) is 15.7. The topological polar surface area (TPSA) is 106 Å². The molecule has 7 atom stereocenters. The minimum atomic E-state index is -0.438. The van der Waals surface area contributed by atoms with Gasteiger partial charge in [-0.25, -0.2) is 4.79 Å². The highest BCUT2D eigenvalue weighted by molar-refractivity contribution is 8.00. The number of imide groups is 1. The number of aromatic amines is 1. The molecule has 8 nitrogen and oxygen atoms in total. The van der Waals surface area contributed by atoms with Crippen LogP contribution in [-0.2, 0) is 20.9 Å². The normalized spacial score (nSPS) is 27.3. The largest absolute Gasteiger partial charge is 0.489 e. The fourth-order valence-electron chi connectivity index (χ4n) is 8.35. The second-order valence-corrected chi connectivity index (χ2v) is 14.8. The quantitative estimate of drug-likeness (QED) is 0.188. The summed E-state index contributed by atoms with van der Waals surface area (Å²) < 4.78 is 11.2. The van der Waals surface area contributed by atoms with E-state index in [1.807, 2.05) is 24.3 Å². The highest BCUT2D eigenvalue weighted by Gasteiger charge is 2.69. The smallest absolute Gasteiger partial charge is 0.338 e. The van der Waals surface area contributed by atoms with Gasteiger partial charge in [0.25, 0.3) is 0 Å². The van der Waals surface area contributed by atoms with Gasteiger partial charge >= 0.3 is 10.8 Å². The lowest BCUT2D eigenvalue weighted by atomic mass is 9.68. The summed E-state index contributed by atoms with van der Waals surface area (Å²) in [6, 6.07) is 22.9. The number of hydrogen-bond acceptors (Lipinski definition) is 8. The molecule has 0 radical (unpaired) electrons. The maximum absolute atomic E-state index is 14.1. The van der Waals surface area contributed by atoms with E-state index in [1.54, 1.807) is 43.0 Å². The van der Waals surface area contributed by atoms with Crippen LogP contribution in [0.3, 0.4) is 0 Å². The summed E-state index contributed by atoms with van der Waals surface area (Å²) in [4.78, 5) is 58.1. The Morgan fingerprint density at radius 3 is 2.41 bits per heavy atom. The van der Waals surface area contributed by atoms with Crippen LogP contribution in [0.25, 0.3) is 0 Å². The number of thioether (sulfide) groups is 1. The summed E-state index contributed by atoms with van der Waals surface area (Å²) in [7, 11) is 0. The van der Waals surface area contributed by atoms with Crippen LogP contribution in [0.1, 0.15) is 51.2 Å². The highest BCUT2D eigenvalue weighted by atomic mass is 32.2. The molecule has 2 aliphatic carbocycles. The molecule has 2 saturated carbocycles. The van der Waals surface area contributed by atoms with E-state index in [4.69, 9.17) is 9.47 Å². The number of benzene rings is 3. The van der Waals surface area contributed by atoms with E-state index < -0.39 is 11.9 Å².